The zero-order valence-corrected chi connectivity index (χ0v) is 23.4. The summed E-state index contributed by atoms with van der Waals surface area (Å²) >= 11 is 0. The molecule has 4 aliphatic heterocycles. The molecule has 2 aromatic carbocycles. The number of anilines is 1. The van der Waals surface area contributed by atoms with Gasteiger partial charge in [-0.05, 0) is 37.3 Å². The number of aromatic nitrogens is 3. The van der Waals surface area contributed by atoms with Crippen LogP contribution in [0.4, 0.5) is 14.6 Å². The Bertz CT molecular complexity index is 1760. The molecule has 4 aromatic rings. The summed E-state index contributed by atoms with van der Waals surface area (Å²) in [4.78, 5) is 18.5. The fourth-order valence-corrected chi connectivity index (χ4v) is 7.70. The molecular formula is C33H32F2N6O. The van der Waals surface area contributed by atoms with Crippen LogP contribution >= 0.6 is 0 Å². The number of pyridine rings is 1. The molecule has 0 amide bonds. The van der Waals surface area contributed by atoms with Gasteiger partial charge in [-0.15, -0.1) is 6.42 Å². The van der Waals surface area contributed by atoms with Crippen molar-refractivity contribution < 1.29 is 13.5 Å². The minimum absolute atomic E-state index is 0.118. The van der Waals surface area contributed by atoms with Crippen LogP contribution in [-0.2, 0) is 0 Å². The molecule has 214 valence electrons. The zero-order valence-electron chi connectivity index (χ0n) is 23.4. The van der Waals surface area contributed by atoms with E-state index in [1.807, 2.05) is 36.4 Å². The van der Waals surface area contributed by atoms with Gasteiger partial charge in [0.2, 0.25) is 0 Å². The lowest BCUT2D eigenvalue weighted by atomic mass is 9.81. The highest BCUT2D eigenvalue weighted by atomic mass is 19.1. The van der Waals surface area contributed by atoms with E-state index in [0.717, 1.165) is 62.8 Å². The van der Waals surface area contributed by atoms with Gasteiger partial charge in [0.15, 0.2) is 5.82 Å². The molecule has 1 N–H and O–H groups in total. The number of hydrogen-bond donors (Lipinski definition) is 1. The van der Waals surface area contributed by atoms with Crippen LogP contribution in [-0.4, -0.2) is 77.4 Å². The number of ether oxygens (including phenoxy) is 1. The Balaban J connectivity index is 1.25. The van der Waals surface area contributed by atoms with Gasteiger partial charge in [-0.2, -0.15) is 9.97 Å². The lowest BCUT2D eigenvalue weighted by Crippen LogP contribution is -2.54. The molecular weight excluding hydrogens is 534 g/mol. The van der Waals surface area contributed by atoms with Crippen LogP contribution in [0, 0.1) is 23.6 Å². The van der Waals surface area contributed by atoms with Crippen LogP contribution in [0.5, 0.6) is 6.01 Å². The monoisotopic (exact) mass is 566 g/mol. The van der Waals surface area contributed by atoms with Gasteiger partial charge in [0.05, 0.1) is 10.9 Å². The van der Waals surface area contributed by atoms with Gasteiger partial charge in [0.25, 0.3) is 0 Å². The molecule has 42 heavy (non-hydrogen) atoms. The molecule has 0 saturated carbocycles. The third-order valence-corrected chi connectivity index (χ3v) is 9.93. The first kappa shape index (κ1) is 25.8. The summed E-state index contributed by atoms with van der Waals surface area (Å²) in [6.07, 6.45) is 10.0. The number of hydrogen-bond acceptors (Lipinski definition) is 7. The van der Waals surface area contributed by atoms with Crippen LogP contribution in [0.1, 0.15) is 31.2 Å². The van der Waals surface area contributed by atoms with Crippen molar-refractivity contribution in [3.63, 3.8) is 0 Å². The molecule has 4 aliphatic rings. The van der Waals surface area contributed by atoms with Crippen molar-refractivity contribution in [2.75, 3.05) is 50.8 Å². The molecule has 2 atom stereocenters. The van der Waals surface area contributed by atoms with Crippen molar-refractivity contribution in [1.29, 1.82) is 0 Å². The Labute approximate surface area is 243 Å². The van der Waals surface area contributed by atoms with Crippen molar-refractivity contribution in [1.82, 2.24) is 25.2 Å². The lowest BCUT2D eigenvalue weighted by Gasteiger charge is -2.39. The topological polar surface area (TPSA) is 66.4 Å². The molecule has 0 unspecified atom stereocenters. The Morgan fingerprint density at radius 1 is 1.12 bits per heavy atom. The van der Waals surface area contributed by atoms with Crippen molar-refractivity contribution in [2.45, 2.75) is 37.4 Å². The standard InChI is InChI=1S/C33H32F2N6O/c1-2-21-6-3-7-22-8-4-9-24(26(21)22)28-27(35)29-25(15-37-28)30(40-13-11-32(19-40)17-36-18-32)39-31(38-29)42-20-33-10-5-12-41(33)16-23(34)14-33/h1,3-4,6-9,15,23,36H,5,10-14,16-20H2/t23-,33+/m1/s1. The van der Waals surface area contributed by atoms with Gasteiger partial charge in [0.1, 0.15) is 29.8 Å². The number of rotatable bonds is 5. The molecule has 7 nitrogen and oxygen atoms in total. The number of fused-ring (bicyclic) bond motifs is 3. The molecule has 6 heterocycles. The highest BCUT2D eigenvalue weighted by molar-refractivity contribution is 6.02. The van der Waals surface area contributed by atoms with Crippen molar-refractivity contribution in [3.8, 4) is 29.6 Å². The maximum Gasteiger partial charge on any atom is 0.319 e. The molecule has 1 spiro atoms. The van der Waals surface area contributed by atoms with E-state index in [9.17, 15) is 4.39 Å². The summed E-state index contributed by atoms with van der Waals surface area (Å²) < 4.78 is 37.3. The second-order valence-corrected chi connectivity index (χ2v) is 12.5. The summed E-state index contributed by atoms with van der Waals surface area (Å²) in [5.41, 5.74) is 1.49. The minimum Gasteiger partial charge on any atom is -0.461 e. The van der Waals surface area contributed by atoms with E-state index in [0.29, 0.717) is 35.3 Å². The molecule has 2 aromatic heterocycles. The molecule has 0 bridgehead atoms. The molecule has 4 fully saturated rings. The van der Waals surface area contributed by atoms with Crippen LogP contribution in [0.2, 0.25) is 0 Å². The number of nitrogens with zero attached hydrogens (tertiary/aromatic N) is 5. The van der Waals surface area contributed by atoms with Gasteiger partial charge in [0, 0.05) is 67.3 Å². The molecule has 0 aliphatic carbocycles. The predicted octanol–water partition coefficient (Wildman–Crippen LogP) is 4.72. The van der Waals surface area contributed by atoms with E-state index in [1.165, 1.54) is 0 Å². The Morgan fingerprint density at radius 2 is 1.98 bits per heavy atom. The molecule has 4 saturated heterocycles. The maximum atomic E-state index is 16.7. The van der Waals surface area contributed by atoms with Gasteiger partial charge < -0.3 is 15.0 Å². The number of nitrogens with one attached hydrogen (secondary N) is 1. The van der Waals surface area contributed by atoms with Gasteiger partial charge in [-0.3, -0.25) is 9.88 Å². The third kappa shape index (κ3) is 3.96. The van der Waals surface area contributed by atoms with E-state index in [-0.39, 0.29) is 34.8 Å². The summed E-state index contributed by atoms with van der Waals surface area (Å²) in [5.74, 6) is 2.83. The largest absolute Gasteiger partial charge is 0.461 e. The first-order valence-electron chi connectivity index (χ1n) is 14.8. The average molecular weight is 567 g/mol. The Kier molecular flexibility index (Phi) is 5.89. The first-order chi connectivity index (χ1) is 20.5. The number of halogens is 2. The maximum absolute atomic E-state index is 16.7. The first-order valence-corrected chi connectivity index (χ1v) is 14.8. The second kappa shape index (κ2) is 9.58. The smallest absolute Gasteiger partial charge is 0.319 e. The van der Waals surface area contributed by atoms with Crippen molar-refractivity contribution in [2.24, 2.45) is 5.41 Å². The van der Waals surface area contributed by atoms with Crippen molar-refractivity contribution >= 4 is 27.5 Å². The third-order valence-electron chi connectivity index (χ3n) is 9.93. The summed E-state index contributed by atoms with van der Waals surface area (Å²) in [6.45, 7) is 5.15. The van der Waals surface area contributed by atoms with Gasteiger partial charge >= 0.3 is 6.01 Å². The van der Waals surface area contributed by atoms with Gasteiger partial charge in [-0.1, -0.05) is 36.3 Å². The summed E-state index contributed by atoms with van der Waals surface area (Å²) in [7, 11) is 0. The highest BCUT2D eigenvalue weighted by Crippen LogP contribution is 2.42. The van der Waals surface area contributed by atoms with E-state index < -0.39 is 12.0 Å². The number of terminal acetylenes is 1. The second-order valence-electron chi connectivity index (χ2n) is 12.5. The van der Waals surface area contributed by atoms with E-state index >= 15 is 4.39 Å². The Hall–Kier alpha value is -3.87. The van der Waals surface area contributed by atoms with Crippen LogP contribution < -0.4 is 15.0 Å². The molecule has 8 rings (SSSR count). The fraction of sp³-hybridized carbons (Fsp3) is 0.424. The zero-order chi connectivity index (χ0) is 28.5. The quantitative estimate of drug-likeness (QED) is 0.351. The predicted molar refractivity (Wildman–Crippen MR) is 159 cm³/mol. The molecule has 0 radical (unpaired) electrons. The summed E-state index contributed by atoms with van der Waals surface area (Å²) in [5, 5.41) is 5.64. The van der Waals surface area contributed by atoms with E-state index in [1.54, 1.807) is 6.20 Å². The lowest BCUT2D eigenvalue weighted by molar-refractivity contribution is 0.107. The SMILES string of the molecule is C#Cc1cccc2cccc(-c3ncc4c(N5CCC6(CNC6)C5)nc(OC[C@@]56CCCN5C[C@H](F)C6)nc4c3F)c12. The van der Waals surface area contributed by atoms with Crippen LogP contribution in [0.25, 0.3) is 32.9 Å². The van der Waals surface area contributed by atoms with Crippen LogP contribution in [0.15, 0.2) is 42.6 Å². The Morgan fingerprint density at radius 3 is 2.76 bits per heavy atom. The number of alkyl halides is 1. The fourth-order valence-electron chi connectivity index (χ4n) is 7.70. The summed E-state index contributed by atoms with van der Waals surface area (Å²) in [6, 6.07) is 11.5. The highest BCUT2D eigenvalue weighted by Gasteiger charge is 2.49. The van der Waals surface area contributed by atoms with Gasteiger partial charge in [-0.25, -0.2) is 8.78 Å². The number of benzene rings is 2. The minimum atomic E-state index is -0.862. The van der Waals surface area contributed by atoms with Crippen LogP contribution in [0.3, 0.4) is 0 Å². The normalized spacial score (nSPS) is 24.8. The van der Waals surface area contributed by atoms with E-state index in [2.05, 4.69) is 31.0 Å². The van der Waals surface area contributed by atoms with E-state index in [4.69, 9.17) is 16.1 Å². The van der Waals surface area contributed by atoms with Crippen molar-refractivity contribution in [3.05, 3.63) is 54.0 Å². The molecule has 9 heteroatoms. The average Bonchev–Trinajstić information content (AvgIpc) is 3.68.